The number of nitrogens with zero attached hydrogens (tertiary/aromatic N) is 1. The lowest BCUT2D eigenvalue weighted by Gasteiger charge is -2.02. The van der Waals surface area contributed by atoms with Gasteiger partial charge in [0.2, 0.25) is 5.91 Å². The van der Waals surface area contributed by atoms with Crippen LogP contribution in [-0.4, -0.2) is 17.9 Å². The van der Waals surface area contributed by atoms with E-state index in [0.29, 0.717) is 9.34 Å². The lowest BCUT2D eigenvalue weighted by molar-refractivity contribution is -0.120. The number of halogens is 2. The highest BCUT2D eigenvalue weighted by molar-refractivity contribution is 7.16. The lowest BCUT2D eigenvalue weighted by atomic mass is 10.4. The molecule has 1 aromatic rings. The number of nitrogens with one attached hydrogen (secondary N) is 1. The number of amides is 1. The first-order valence-corrected chi connectivity index (χ1v) is 4.75. The fraction of sp³-hybridized carbons (Fsp3) is 0.333. The molecule has 0 saturated heterocycles. The molecule has 1 N–H and O–H groups in total. The van der Waals surface area contributed by atoms with Crippen LogP contribution in [0.5, 0.6) is 0 Å². The Morgan fingerprint density at radius 3 is 2.92 bits per heavy atom. The topological polar surface area (TPSA) is 42.0 Å². The molecule has 1 rings (SSSR count). The van der Waals surface area contributed by atoms with E-state index < -0.39 is 5.38 Å². The van der Waals surface area contributed by atoms with Gasteiger partial charge in [-0.1, -0.05) is 11.6 Å². The summed E-state index contributed by atoms with van der Waals surface area (Å²) >= 11 is 12.6. The van der Waals surface area contributed by atoms with Gasteiger partial charge in [-0.25, -0.2) is 4.98 Å². The van der Waals surface area contributed by atoms with Crippen LogP contribution in [0, 0.1) is 0 Å². The third kappa shape index (κ3) is 2.09. The summed E-state index contributed by atoms with van der Waals surface area (Å²) in [6.45, 7) is 0. The molecule has 0 bridgehead atoms. The third-order valence-corrected chi connectivity index (χ3v) is 2.90. The van der Waals surface area contributed by atoms with Crippen molar-refractivity contribution in [3.63, 3.8) is 0 Å². The van der Waals surface area contributed by atoms with Gasteiger partial charge in [-0.05, 0) is 0 Å². The third-order valence-electron chi connectivity index (χ3n) is 1.19. The van der Waals surface area contributed by atoms with Gasteiger partial charge >= 0.3 is 0 Å². The van der Waals surface area contributed by atoms with Gasteiger partial charge in [0.15, 0.2) is 5.38 Å². The number of alkyl halides is 1. The standard InChI is InChI=1S/C6H6Cl2N2OS/c1-9-5(11)4(8)6-10-2-3(7)12-6/h2,4H,1H3,(H,9,11). The second-order valence-corrected chi connectivity index (χ2v) is 4.11. The number of thiazole rings is 1. The molecule has 0 fully saturated rings. The highest BCUT2D eigenvalue weighted by atomic mass is 35.5. The van der Waals surface area contributed by atoms with Crippen molar-refractivity contribution in [1.29, 1.82) is 0 Å². The number of aromatic nitrogens is 1. The monoisotopic (exact) mass is 224 g/mol. The van der Waals surface area contributed by atoms with Crippen molar-refractivity contribution in [2.24, 2.45) is 0 Å². The Labute approximate surface area is 83.7 Å². The normalized spacial score (nSPS) is 12.6. The molecular formula is C6H6Cl2N2OS. The van der Waals surface area contributed by atoms with E-state index in [1.165, 1.54) is 24.6 Å². The second-order valence-electron chi connectivity index (χ2n) is 1.98. The summed E-state index contributed by atoms with van der Waals surface area (Å²) < 4.78 is 0.527. The summed E-state index contributed by atoms with van der Waals surface area (Å²) in [7, 11) is 1.52. The van der Waals surface area contributed by atoms with Crippen LogP contribution in [0.15, 0.2) is 6.20 Å². The molecule has 66 valence electrons. The molecule has 1 unspecified atom stereocenters. The molecule has 0 radical (unpaired) electrons. The molecule has 0 aromatic carbocycles. The minimum Gasteiger partial charge on any atom is -0.358 e. The zero-order valence-electron chi connectivity index (χ0n) is 6.17. The number of likely N-dealkylation sites (N-methyl/N-ethyl adjacent to an activating group) is 1. The predicted molar refractivity (Wildman–Crippen MR) is 49.8 cm³/mol. The first-order valence-electron chi connectivity index (χ1n) is 3.12. The maximum Gasteiger partial charge on any atom is 0.244 e. The van der Waals surface area contributed by atoms with Crippen LogP contribution < -0.4 is 5.32 Å². The zero-order chi connectivity index (χ0) is 9.14. The highest BCUT2D eigenvalue weighted by Crippen LogP contribution is 2.27. The molecular weight excluding hydrogens is 219 g/mol. The minimum absolute atomic E-state index is 0.275. The van der Waals surface area contributed by atoms with Crippen LogP contribution >= 0.6 is 34.5 Å². The zero-order valence-corrected chi connectivity index (χ0v) is 8.50. The van der Waals surface area contributed by atoms with E-state index in [0.717, 1.165) is 0 Å². The minimum atomic E-state index is -0.743. The summed E-state index contributed by atoms with van der Waals surface area (Å²) in [5.74, 6) is -0.275. The first-order chi connectivity index (χ1) is 5.65. The fourth-order valence-corrected chi connectivity index (χ4v) is 1.83. The Morgan fingerprint density at radius 2 is 2.50 bits per heavy atom. The SMILES string of the molecule is CNC(=O)C(Cl)c1ncc(Cl)s1. The molecule has 0 aliphatic rings. The largest absolute Gasteiger partial charge is 0.358 e. The maximum atomic E-state index is 11.0. The van der Waals surface area contributed by atoms with Crippen LogP contribution in [-0.2, 0) is 4.79 Å². The van der Waals surface area contributed by atoms with Gasteiger partial charge in [-0.2, -0.15) is 0 Å². The maximum absolute atomic E-state index is 11.0. The number of hydrogen-bond donors (Lipinski definition) is 1. The Balaban J connectivity index is 2.77. The summed E-state index contributed by atoms with van der Waals surface area (Å²) in [5, 5.41) is 2.20. The molecule has 12 heavy (non-hydrogen) atoms. The Morgan fingerprint density at radius 1 is 1.83 bits per heavy atom. The Hall–Kier alpha value is -0.320. The van der Waals surface area contributed by atoms with E-state index >= 15 is 0 Å². The highest BCUT2D eigenvalue weighted by Gasteiger charge is 2.19. The molecule has 6 heteroatoms. The smallest absolute Gasteiger partial charge is 0.244 e. The van der Waals surface area contributed by atoms with Gasteiger partial charge < -0.3 is 5.32 Å². The number of hydrogen-bond acceptors (Lipinski definition) is 3. The lowest BCUT2D eigenvalue weighted by Crippen LogP contribution is -2.22. The van der Waals surface area contributed by atoms with Crippen molar-refractivity contribution in [2.75, 3.05) is 7.05 Å². The van der Waals surface area contributed by atoms with Crippen molar-refractivity contribution < 1.29 is 4.79 Å². The molecule has 1 amide bonds. The van der Waals surface area contributed by atoms with Crippen molar-refractivity contribution in [2.45, 2.75) is 5.38 Å². The van der Waals surface area contributed by atoms with Crippen LogP contribution in [0.3, 0.4) is 0 Å². The number of rotatable bonds is 2. The van der Waals surface area contributed by atoms with Gasteiger partial charge in [-0.15, -0.1) is 22.9 Å². The summed E-state index contributed by atoms with van der Waals surface area (Å²) in [5.41, 5.74) is 0. The molecule has 1 atom stereocenters. The number of carbonyl (C=O) groups excluding carboxylic acids is 1. The van der Waals surface area contributed by atoms with Crippen molar-refractivity contribution in [3.05, 3.63) is 15.5 Å². The van der Waals surface area contributed by atoms with Crippen molar-refractivity contribution >= 4 is 40.4 Å². The van der Waals surface area contributed by atoms with E-state index in [2.05, 4.69) is 10.3 Å². The van der Waals surface area contributed by atoms with Gasteiger partial charge in [0.05, 0.1) is 6.20 Å². The first kappa shape index (κ1) is 9.77. The molecule has 1 aromatic heterocycles. The van der Waals surface area contributed by atoms with E-state index in [1.54, 1.807) is 0 Å². The molecule has 1 heterocycles. The molecule has 0 saturated carbocycles. The van der Waals surface area contributed by atoms with Crippen LogP contribution in [0.2, 0.25) is 4.34 Å². The average molecular weight is 225 g/mol. The Bertz CT molecular complexity index is 289. The van der Waals surface area contributed by atoms with E-state index in [4.69, 9.17) is 23.2 Å². The van der Waals surface area contributed by atoms with Crippen molar-refractivity contribution in [3.8, 4) is 0 Å². The summed E-state index contributed by atoms with van der Waals surface area (Å²) in [6, 6.07) is 0. The van der Waals surface area contributed by atoms with Crippen LogP contribution in [0.25, 0.3) is 0 Å². The van der Waals surface area contributed by atoms with Crippen LogP contribution in [0.4, 0.5) is 0 Å². The summed E-state index contributed by atoms with van der Waals surface area (Å²) in [6.07, 6.45) is 1.47. The van der Waals surface area contributed by atoms with Gasteiger partial charge in [-0.3, -0.25) is 4.79 Å². The summed E-state index contributed by atoms with van der Waals surface area (Å²) in [4.78, 5) is 14.9. The molecule has 0 aliphatic carbocycles. The van der Waals surface area contributed by atoms with Gasteiger partial charge in [0, 0.05) is 7.05 Å². The molecule has 3 nitrogen and oxygen atoms in total. The second kappa shape index (κ2) is 4.07. The number of carbonyl (C=O) groups is 1. The predicted octanol–water partition coefficient (Wildman–Crippen LogP) is 1.82. The van der Waals surface area contributed by atoms with E-state index in [1.807, 2.05) is 0 Å². The average Bonchev–Trinajstić information content (AvgIpc) is 2.49. The molecule has 0 aliphatic heterocycles. The van der Waals surface area contributed by atoms with Gasteiger partial charge in [0.1, 0.15) is 9.34 Å². The Kier molecular flexibility index (Phi) is 3.31. The van der Waals surface area contributed by atoms with Crippen LogP contribution in [0.1, 0.15) is 10.4 Å². The molecule has 0 spiro atoms. The fourth-order valence-electron chi connectivity index (χ4n) is 0.623. The van der Waals surface area contributed by atoms with Gasteiger partial charge in [0.25, 0.3) is 0 Å². The van der Waals surface area contributed by atoms with Crippen molar-refractivity contribution in [1.82, 2.24) is 10.3 Å². The quantitative estimate of drug-likeness (QED) is 0.780. The van der Waals surface area contributed by atoms with E-state index in [-0.39, 0.29) is 5.91 Å². The van der Waals surface area contributed by atoms with E-state index in [9.17, 15) is 4.79 Å².